The summed E-state index contributed by atoms with van der Waals surface area (Å²) in [6.07, 6.45) is 3.06. The number of hydrogen-bond donors (Lipinski definition) is 2. The molecule has 0 saturated carbocycles. The predicted molar refractivity (Wildman–Crippen MR) is 107 cm³/mol. The predicted octanol–water partition coefficient (Wildman–Crippen LogP) is 2.76. The largest absolute Gasteiger partial charge is 0.508 e. The Labute approximate surface area is 166 Å². The van der Waals surface area contributed by atoms with E-state index in [-0.39, 0.29) is 36.8 Å². The van der Waals surface area contributed by atoms with Gasteiger partial charge in [-0.2, -0.15) is 0 Å². The number of hydrogen-bond acceptors (Lipinski definition) is 6. The molecule has 0 bridgehead atoms. The van der Waals surface area contributed by atoms with Crippen LogP contribution in [0, 0.1) is 0 Å². The minimum atomic E-state index is -0.605. The first-order valence-corrected chi connectivity index (χ1v) is 8.93. The van der Waals surface area contributed by atoms with Crippen molar-refractivity contribution in [2.75, 3.05) is 6.54 Å². The Kier molecular flexibility index (Phi) is 6.42. The van der Waals surface area contributed by atoms with Crippen LogP contribution in [-0.2, 0) is 20.9 Å². The van der Waals surface area contributed by atoms with Gasteiger partial charge in [0.05, 0.1) is 6.42 Å². The lowest BCUT2D eigenvalue weighted by atomic mass is 10.1. The third-order valence-corrected chi connectivity index (χ3v) is 4.06. The van der Waals surface area contributed by atoms with Crippen LogP contribution < -0.4 is 10.9 Å². The second kappa shape index (κ2) is 9.36. The Bertz CT molecular complexity index is 1100. The van der Waals surface area contributed by atoms with Crippen LogP contribution in [0.15, 0.2) is 69.9 Å². The van der Waals surface area contributed by atoms with Gasteiger partial charge < -0.3 is 19.6 Å². The van der Waals surface area contributed by atoms with E-state index in [0.717, 1.165) is 5.56 Å². The summed E-state index contributed by atoms with van der Waals surface area (Å²) < 4.78 is 10.2. The summed E-state index contributed by atoms with van der Waals surface area (Å²) in [7, 11) is 0. The SMILES string of the molecule is O=C(/C=C/c1ccccc1)NCCC(=O)OCc1cc(=O)oc2cc(O)ccc12. The van der Waals surface area contributed by atoms with Gasteiger partial charge in [0.2, 0.25) is 5.91 Å². The zero-order valence-electron chi connectivity index (χ0n) is 15.5. The smallest absolute Gasteiger partial charge is 0.336 e. The highest BCUT2D eigenvalue weighted by Crippen LogP contribution is 2.22. The van der Waals surface area contributed by atoms with Gasteiger partial charge in [-0.3, -0.25) is 9.59 Å². The van der Waals surface area contributed by atoms with E-state index in [1.165, 1.54) is 24.3 Å². The fourth-order valence-corrected chi connectivity index (χ4v) is 2.65. The normalized spacial score (nSPS) is 10.9. The molecule has 2 N–H and O–H groups in total. The van der Waals surface area contributed by atoms with Crippen molar-refractivity contribution < 1.29 is 23.8 Å². The molecule has 0 aliphatic rings. The van der Waals surface area contributed by atoms with E-state index in [0.29, 0.717) is 10.9 Å². The van der Waals surface area contributed by atoms with Gasteiger partial charge in [0.25, 0.3) is 0 Å². The lowest BCUT2D eigenvalue weighted by molar-refractivity contribution is -0.144. The number of fused-ring (bicyclic) bond motifs is 1. The summed E-state index contributed by atoms with van der Waals surface area (Å²) in [5, 5.41) is 12.7. The molecular formula is C22H19NO6. The van der Waals surface area contributed by atoms with Crippen molar-refractivity contribution >= 4 is 28.9 Å². The monoisotopic (exact) mass is 393 g/mol. The summed E-state index contributed by atoms with van der Waals surface area (Å²) in [6.45, 7) is 0.00983. The van der Waals surface area contributed by atoms with Crippen LogP contribution in [0.3, 0.4) is 0 Å². The first-order chi connectivity index (χ1) is 14.0. The summed E-state index contributed by atoms with van der Waals surface area (Å²) in [5.74, 6) is -0.863. The molecule has 3 rings (SSSR count). The molecule has 0 unspecified atom stereocenters. The number of amides is 1. The molecule has 29 heavy (non-hydrogen) atoms. The quantitative estimate of drug-likeness (QED) is 0.363. The molecule has 0 radical (unpaired) electrons. The highest BCUT2D eigenvalue weighted by Gasteiger charge is 2.10. The highest BCUT2D eigenvalue weighted by atomic mass is 16.5. The Morgan fingerprint density at radius 2 is 1.90 bits per heavy atom. The van der Waals surface area contributed by atoms with E-state index in [9.17, 15) is 19.5 Å². The molecule has 3 aromatic rings. The van der Waals surface area contributed by atoms with E-state index in [1.807, 2.05) is 30.3 Å². The molecule has 0 aliphatic carbocycles. The number of benzene rings is 2. The van der Waals surface area contributed by atoms with Gasteiger partial charge in [-0.25, -0.2) is 4.79 Å². The van der Waals surface area contributed by atoms with Crippen LogP contribution in [0.1, 0.15) is 17.5 Å². The van der Waals surface area contributed by atoms with Crippen LogP contribution >= 0.6 is 0 Å². The molecule has 0 aliphatic heterocycles. The lowest BCUT2D eigenvalue weighted by Gasteiger charge is -2.08. The molecule has 7 nitrogen and oxygen atoms in total. The maximum atomic E-state index is 11.9. The summed E-state index contributed by atoms with van der Waals surface area (Å²) in [4.78, 5) is 35.3. The van der Waals surface area contributed by atoms with E-state index in [2.05, 4.69) is 5.32 Å². The van der Waals surface area contributed by atoms with Crippen molar-refractivity contribution in [1.82, 2.24) is 5.32 Å². The Hall–Kier alpha value is -3.87. The fourth-order valence-electron chi connectivity index (χ4n) is 2.65. The van der Waals surface area contributed by atoms with Crippen LogP contribution in [-0.4, -0.2) is 23.5 Å². The summed E-state index contributed by atoms with van der Waals surface area (Å²) in [6, 6.07) is 15.0. The van der Waals surface area contributed by atoms with E-state index in [4.69, 9.17) is 9.15 Å². The average molecular weight is 393 g/mol. The van der Waals surface area contributed by atoms with Gasteiger partial charge in [0.15, 0.2) is 0 Å². The van der Waals surface area contributed by atoms with Gasteiger partial charge in [0.1, 0.15) is 17.9 Å². The van der Waals surface area contributed by atoms with Gasteiger partial charge in [0, 0.05) is 35.7 Å². The van der Waals surface area contributed by atoms with Crippen LogP contribution in [0.25, 0.3) is 17.0 Å². The third-order valence-electron chi connectivity index (χ3n) is 4.06. The van der Waals surface area contributed by atoms with E-state index < -0.39 is 11.6 Å². The standard InChI is InChI=1S/C22H19NO6/c24-17-7-8-18-16(12-22(27)29-19(18)13-17)14-28-21(26)10-11-23-20(25)9-6-15-4-2-1-3-5-15/h1-9,12-13,24H,10-11,14H2,(H,23,25)/b9-6+. The first-order valence-electron chi connectivity index (χ1n) is 8.93. The molecule has 0 saturated heterocycles. The van der Waals surface area contributed by atoms with Crippen LogP contribution in [0.2, 0.25) is 0 Å². The Morgan fingerprint density at radius 3 is 2.69 bits per heavy atom. The number of rotatable bonds is 7. The molecule has 0 atom stereocenters. The number of esters is 1. The number of ether oxygens (including phenoxy) is 1. The molecule has 0 fully saturated rings. The van der Waals surface area contributed by atoms with Gasteiger partial charge in [-0.05, 0) is 23.8 Å². The number of phenols is 1. The number of phenolic OH excluding ortho intramolecular Hbond substituents is 1. The van der Waals surface area contributed by atoms with Crippen molar-refractivity contribution in [2.24, 2.45) is 0 Å². The minimum absolute atomic E-state index is 0.00885. The maximum Gasteiger partial charge on any atom is 0.336 e. The van der Waals surface area contributed by atoms with Gasteiger partial charge in [-0.15, -0.1) is 0 Å². The zero-order valence-corrected chi connectivity index (χ0v) is 15.5. The fraction of sp³-hybridized carbons (Fsp3) is 0.136. The molecule has 1 heterocycles. The molecule has 0 spiro atoms. The minimum Gasteiger partial charge on any atom is -0.508 e. The topological polar surface area (TPSA) is 106 Å². The Balaban J connectivity index is 1.48. The number of carbonyl (C=O) groups excluding carboxylic acids is 2. The summed E-state index contributed by atoms with van der Waals surface area (Å²) in [5.41, 5.74) is 0.974. The highest BCUT2D eigenvalue weighted by molar-refractivity contribution is 5.91. The maximum absolute atomic E-state index is 11.9. The molecule has 7 heteroatoms. The van der Waals surface area contributed by atoms with E-state index >= 15 is 0 Å². The molecule has 2 aromatic carbocycles. The second-order valence-electron chi connectivity index (χ2n) is 6.22. The Morgan fingerprint density at radius 1 is 1.10 bits per heavy atom. The van der Waals surface area contributed by atoms with Crippen molar-refractivity contribution in [3.63, 3.8) is 0 Å². The number of nitrogens with one attached hydrogen (secondary N) is 1. The number of carbonyl (C=O) groups is 2. The molecule has 148 valence electrons. The lowest BCUT2D eigenvalue weighted by Crippen LogP contribution is -2.24. The molecule has 1 amide bonds. The number of aromatic hydroxyl groups is 1. The first kappa shape index (κ1) is 19.9. The van der Waals surface area contributed by atoms with Crippen molar-refractivity contribution in [3.8, 4) is 5.75 Å². The van der Waals surface area contributed by atoms with Crippen LogP contribution in [0.4, 0.5) is 0 Å². The summed E-state index contributed by atoms with van der Waals surface area (Å²) >= 11 is 0. The second-order valence-corrected chi connectivity index (χ2v) is 6.22. The van der Waals surface area contributed by atoms with Crippen molar-refractivity contribution in [3.05, 3.63) is 82.2 Å². The third kappa shape index (κ3) is 5.80. The van der Waals surface area contributed by atoms with Crippen molar-refractivity contribution in [1.29, 1.82) is 0 Å². The zero-order chi connectivity index (χ0) is 20.6. The van der Waals surface area contributed by atoms with Gasteiger partial charge >= 0.3 is 11.6 Å². The van der Waals surface area contributed by atoms with E-state index in [1.54, 1.807) is 12.1 Å². The molecule has 1 aromatic heterocycles. The molecular weight excluding hydrogens is 374 g/mol. The average Bonchev–Trinajstić information content (AvgIpc) is 2.71. The van der Waals surface area contributed by atoms with Gasteiger partial charge in [-0.1, -0.05) is 30.3 Å². The van der Waals surface area contributed by atoms with Crippen LogP contribution in [0.5, 0.6) is 5.75 Å². The van der Waals surface area contributed by atoms with Crippen molar-refractivity contribution in [2.45, 2.75) is 13.0 Å².